The molecule has 2 aromatic rings. The minimum atomic E-state index is 0.0919. The van der Waals surface area contributed by atoms with Gasteiger partial charge in [0, 0.05) is 18.2 Å². The van der Waals surface area contributed by atoms with Crippen LogP contribution in [-0.4, -0.2) is 9.38 Å². The van der Waals surface area contributed by atoms with Crippen molar-refractivity contribution in [2.24, 2.45) is 5.73 Å². The molecule has 1 aliphatic rings. The molecule has 1 atom stereocenters. The van der Waals surface area contributed by atoms with Crippen LogP contribution in [0.3, 0.4) is 0 Å². The van der Waals surface area contributed by atoms with Crippen molar-refractivity contribution in [3.05, 3.63) is 35.9 Å². The summed E-state index contributed by atoms with van der Waals surface area (Å²) in [6.45, 7) is 2.00. The van der Waals surface area contributed by atoms with Crippen molar-refractivity contribution in [2.75, 3.05) is 0 Å². The number of fused-ring (bicyclic) bond motifs is 1. The van der Waals surface area contributed by atoms with Crippen LogP contribution in [0.2, 0.25) is 0 Å². The van der Waals surface area contributed by atoms with E-state index in [1.807, 2.05) is 13.1 Å². The van der Waals surface area contributed by atoms with Crippen LogP contribution in [0.15, 0.2) is 24.5 Å². The fraction of sp³-hybridized carbons (Fsp3) is 0.417. The molecule has 2 aromatic heterocycles. The second kappa shape index (κ2) is 3.07. The zero-order chi connectivity index (χ0) is 10.4. The third-order valence-electron chi connectivity index (χ3n) is 3.05. The van der Waals surface area contributed by atoms with Crippen LogP contribution >= 0.6 is 0 Å². The van der Waals surface area contributed by atoms with E-state index in [1.54, 1.807) is 0 Å². The van der Waals surface area contributed by atoms with Gasteiger partial charge >= 0.3 is 0 Å². The third-order valence-corrected chi connectivity index (χ3v) is 3.05. The SMILES string of the molecule is CC(N)c1ccn2c(C3CC3)ncc2c1. The molecule has 0 amide bonds. The molecule has 78 valence electrons. The molecule has 0 aromatic carbocycles. The summed E-state index contributed by atoms with van der Waals surface area (Å²) in [5.41, 5.74) is 8.18. The van der Waals surface area contributed by atoms with Crippen molar-refractivity contribution in [3.63, 3.8) is 0 Å². The number of nitrogens with zero attached hydrogens (tertiary/aromatic N) is 2. The molecule has 3 rings (SSSR count). The Labute approximate surface area is 88.9 Å². The standard InChI is InChI=1S/C12H15N3/c1-8(13)10-4-5-15-11(6-10)7-14-12(15)9-2-3-9/h4-9H,2-3,13H2,1H3. The minimum absolute atomic E-state index is 0.0919. The average molecular weight is 201 g/mol. The Morgan fingerprint density at radius 2 is 2.33 bits per heavy atom. The molecular formula is C12H15N3. The largest absolute Gasteiger partial charge is 0.324 e. The summed E-state index contributed by atoms with van der Waals surface area (Å²) >= 11 is 0. The summed E-state index contributed by atoms with van der Waals surface area (Å²) in [5, 5.41) is 0. The number of hydrogen-bond acceptors (Lipinski definition) is 2. The fourth-order valence-corrected chi connectivity index (χ4v) is 1.96. The molecule has 0 saturated heterocycles. The minimum Gasteiger partial charge on any atom is -0.324 e. The Morgan fingerprint density at radius 1 is 1.53 bits per heavy atom. The van der Waals surface area contributed by atoms with E-state index < -0.39 is 0 Å². The number of imidazole rings is 1. The van der Waals surface area contributed by atoms with Crippen molar-refractivity contribution in [3.8, 4) is 0 Å². The van der Waals surface area contributed by atoms with Gasteiger partial charge in [-0.15, -0.1) is 0 Å². The van der Waals surface area contributed by atoms with Gasteiger partial charge in [0.2, 0.25) is 0 Å². The summed E-state index contributed by atoms with van der Waals surface area (Å²) in [5.74, 6) is 1.90. The van der Waals surface area contributed by atoms with Gasteiger partial charge in [0.25, 0.3) is 0 Å². The molecule has 2 N–H and O–H groups in total. The van der Waals surface area contributed by atoms with Crippen molar-refractivity contribution in [1.82, 2.24) is 9.38 Å². The first-order valence-corrected chi connectivity index (χ1v) is 5.48. The fourth-order valence-electron chi connectivity index (χ4n) is 1.96. The summed E-state index contributed by atoms with van der Waals surface area (Å²) < 4.78 is 2.18. The quantitative estimate of drug-likeness (QED) is 0.809. The van der Waals surface area contributed by atoms with Gasteiger partial charge in [-0.25, -0.2) is 4.98 Å². The van der Waals surface area contributed by atoms with Gasteiger partial charge in [0.15, 0.2) is 0 Å². The van der Waals surface area contributed by atoms with E-state index in [2.05, 4.69) is 27.7 Å². The van der Waals surface area contributed by atoms with E-state index in [-0.39, 0.29) is 6.04 Å². The van der Waals surface area contributed by atoms with Crippen LogP contribution < -0.4 is 5.73 Å². The second-order valence-corrected chi connectivity index (χ2v) is 4.43. The van der Waals surface area contributed by atoms with Crippen LogP contribution in [-0.2, 0) is 0 Å². The van der Waals surface area contributed by atoms with E-state index >= 15 is 0 Å². The zero-order valence-corrected chi connectivity index (χ0v) is 8.85. The molecule has 0 bridgehead atoms. The summed E-state index contributed by atoms with van der Waals surface area (Å²) in [4.78, 5) is 4.48. The number of rotatable bonds is 2. The van der Waals surface area contributed by atoms with Crippen LogP contribution in [0, 0.1) is 0 Å². The highest BCUT2D eigenvalue weighted by Gasteiger charge is 2.27. The number of nitrogens with two attached hydrogens (primary N) is 1. The van der Waals surface area contributed by atoms with E-state index in [9.17, 15) is 0 Å². The van der Waals surface area contributed by atoms with Crippen molar-refractivity contribution in [2.45, 2.75) is 31.7 Å². The van der Waals surface area contributed by atoms with Crippen LogP contribution in [0.1, 0.15) is 43.1 Å². The predicted molar refractivity (Wildman–Crippen MR) is 59.8 cm³/mol. The van der Waals surface area contributed by atoms with Crippen LogP contribution in [0.25, 0.3) is 5.52 Å². The molecule has 1 saturated carbocycles. The van der Waals surface area contributed by atoms with Gasteiger partial charge in [-0.3, -0.25) is 0 Å². The van der Waals surface area contributed by atoms with Crippen molar-refractivity contribution >= 4 is 5.52 Å². The molecular weight excluding hydrogens is 186 g/mol. The van der Waals surface area contributed by atoms with Gasteiger partial charge in [0.1, 0.15) is 5.82 Å². The lowest BCUT2D eigenvalue weighted by Crippen LogP contribution is -2.05. The first-order valence-electron chi connectivity index (χ1n) is 5.48. The maximum Gasteiger partial charge on any atom is 0.116 e. The van der Waals surface area contributed by atoms with Gasteiger partial charge in [-0.1, -0.05) is 0 Å². The summed E-state index contributed by atoms with van der Waals surface area (Å²) in [6.07, 6.45) is 6.61. The Hall–Kier alpha value is -1.35. The third kappa shape index (κ3) is 1.43. The topological polar surface area (TPSA) is 43.3 Å². The maximum absolute atomic E-state index is 5.85. The lowest BCUT2D eigenvalue weighted by molar-refractivity contribution is 0.813. The Morgan fingerprint density at radius 3 is 3.00 bits per heavy atom. The van der Waals surface area contributed by atoms with Gasteiger partial charge in [0.05, 0.1) is 11.7 Å². The highest BCUT2D eigenvalue weighted by atomic mass is 15.0. The molecule has 2 heterocycles. The van der Waals surface area contributed by atoms with Crippen molar-refractivity contribution < 1.29 is 0 Å². The molecule has 0 radical (unpaired) electrons. The molecule has 1 fully saturated rings. The predicted octanol–water partition coefficient (Wildman–Crippen LogP) is 2.23. The normalized spacial score (nSPS) is 18.3. The lowest BCUT2D eigenvalue weighted by atomic mass is 10.1. The summed E-state index contributed by atoms with van der Waals surface area (Å²) in [7, 11) is 0. The monoisotopic (exact) mass is 201 g/mol. The molecule has 0 aliphatic heterocycles. The van der Waals surface area contributed by atoms with Crippen LogP contribution in [0.5, 0.6) is 0 Å². The highest BCUT2D eigenvalue weighted by molar-refractivity contribution is 5.49. The smallest absolute Gasteiger partial charge is 0.116 e. The molecule has 3 nitrogen and oxygen atoms in total. The average Bonchev–Trinajstić information content (AvgIpc) is 2.98. The molecule has 1 aliphatic carbocycles. The second-order valence-electron chi connectivity index (χ2n) is 4.43. The Balaban J connectivity index is 2.13. The van der Waals surface area contributed by atoms with Crippen molar-refractivity contribution in [1.29, 1.82) is 0 Å². The van der Waals surface area contributed by atoms with Gasteiger partial charge in [-0.2, -0.15) is 0 Å². The molecule has 3 heteroatoms. The number of pyridine rings is 1. The number of hydrogen-bond donors (Lipinski definition) is 1. The molecule has 15 heavy (non-hydrogen) atoms. The summed E-state index contributed by atoms with van der Waals surface area (Å²) in [6, 6.07) is 4.31. The van der Waals surface area contributed by atoms with E-state index in [1.165, 1.54) is 24.2 Å². The first kappa shape index (κ1) is 8.92. The number of aromatic nitrogens is 2. The zero-order valence-electron chi connectivity index (χ0n) is 8.85. The lowest BCUT2D eigenvalue weighted by Gasteiger charge is -2.06. The van der Waals surface area contributed by atoms with E-state index in [0.717, 1.165) is 5.52 Å². The van der Waals surface area contributed by atoms with E-state index in [0.29, 0.717) is 5.92 Å². The Kier molecular flexibility index (Phi) is 1.83. The maximum atomic E-state index is 5.85. The van der Waals surface area contributed by atoms with Crippen LogP contribution in [0.4, 0.5) is 0 Å². The molecule has 1 unspecified atom stereocenters. The van der Waals surface area contributed by atoms with Gasteiger partial charge in [-0.05, 0) is 37.5 Å². The van der Waals surface area contributed by atoms with Gasteiger partial charge < -0.3 is 10.1 Å². The highest BCUT2D eigenvalue weighted by Crippen LogP contribution is 2.39. The Bertz CT molecular complexity index is 495. The first-order chi connectivity index (χ1) is 7.25. The van der Waals surface area contributed by atoms with E-state index in [4.69, 9.17) is 5.73 Å². The molecule has 0 spiro atoms.